The van der Waals surface area contributed by atoms with Gasteiger partial charge in [0.25, 0.3) is 10.1 Å². The minimum Gasteiger partial charge on any atom is -0.460 e. The van der Waals surface area contributed by atoms with E-state index in [-0.39, 0.29) is 23.4 Å². The third kappa shape index (κ3) is 8.21. The van der Waals surface area contributed by atoms with Crippen LogP contribution < -0.4 is 19.6 Å². The Morgan fingerprint density at radius 1 is 0.915 bits per heavy atom. The Balaban J connectivity index is 1.93. The lowest BCUT2D eigenvalue weighted by atomic mass is 9.93. The third-order valence-corrected chi connectivity index (χ3v) is 10.2. The average molecular weight is 687 g/mol. The summed E-state index contributed by atoms with van der Waals surface area (Å²) in [4.78, 5) is 13.3. The molecule has 1 aliphatic heterocycles. The van der Waals surface area contributed by atoms with E-state index < -0.39 is 36.6 Å². The van der Waals surface area contributed by atoms with Gasteiger partial charge in [-0.2, -0.15) is 8.42 Å². The van der Waals surface area contributed by atoms with E-state index in [9.17, 15) is 26.2 Å². The van der Waals surface area contributed by atoms with Gasteiger partial charge in [0.1, 0.15) is 34.9 Å². The van der Waals surface area contributed by atoms with Crippen LogP contribution in [0.15, 0.2) is 68.8 Å². The number of rotatable bonds is 12. The molecule has 0 radical (unpaired) electrons. The largest absolute Gasteiger partial charge is 0.460 e. The Morgan fingerprint density at radius 3 is 2.17 bits per heavy atom. The van der Waals surface area contributed by atoms with E-state index in [1.165, 1.54) is 12.1 Å². The molecule has 0 atom stereocenters. The van der Waals surface area contributed by atoms with Crippen molar-refractivity contribution in [3.8, 4) is 22.5 Å². The van der Waals surface area contributed by atoms with Gasteiger partial charge in [-0.15, -0.1) is 0 Å². The van der Waals surface area contributed by atoms with Crippen LogP contribution in [0.1, 0.15) is 54.9 Å². The standard InChI is InChI=1S/C34H43N3O8S2/c1-8-36(9-2)23-12-15-26-29(20-23)44-30-21-24(37(10-3)11-4)13-16-27(30)33(26)28-17-14-25(22-31(28)47(41,42)43)46(39,40)35-19-18-32(38)45-34(5,6)7/h12-17,20-22,35H,8-11,18-19H2,1-7H3/p+1. The second-order valence-corrected chi connectivity index (χ2v) is 15.2. The quantitative estimate of drug-likeness (QED) is 0.0898. The zero-order valence-electron chi connectivity index (χ0n) is 28.0. The third-order valence-electron chi connectivity index (χ3n) is 7.80. The van der Waals surface area contributed by atoms with Crippen LogP contribution in [0.4, 0.5) is 5.69 Å². The minimum absolute atomic E-state index is 0.109. The van der Waals surface area contributed by atoms with E-state index in [4.69, 9.17) is 9.15 Å². The second kappa shape index (κ2) is 14.1. The summed E-state index contributed by atoms with van der Waals surface area (Å²) in [7, 11) is -9.20. The molecule has 0 bridgehead atoms. The Kier molecular flexibility index (Phi) is 10.9. The molecular weight excluding hydrogens is 643 g/mol. The fourth-order valence-electron chi connectivity index (χ4n) is 5.58. The molecule has 13 heteroatoms. The number of hydrogen-bond acceptors (Lipinski definition) is 8. The van der Waals surface area contributed by atoms with Gasteiger partial charge in [0, 0.05) is 59.5 Å². The maximum atomic E-state index is 13.2. The molecule has 0 aromatic heterocycles. The van der Waals surface area contributed by atoms with E-state index in [0.717, 1.165) is 43.3 Å². The monoisotopic (exact) mass is 686 g/mol. The van der Waals surface area contributed by atoms with Crippen LogP contribution in [-0.2, 0) is 29.7 Å². The van der Waals surface area contributed by atoms with E-state index >= 15 is 0 Å². The zero-order valence-corrected chi connectivity index (χ0v) is 29.6. The second-order valence-electron chi connectivity index (χ2n) is 12.0. The summed E-state index contributed by atoms with van der Waals surface area (Å²) in [5.41, 5.74) is 1.85. The SMILES string of the molecule is CCN(CC)c1ccc2c(-c3ccc(S(=O)(=O)NCCC(=O)OC(C)(C)C)cc3S(=O)(=O)O)c3ccc(=[N+](CC)CC)cc-3oc2c1. The van der Waals surface area contributed by atoms with E-state index in [2.05, 4.69) is 14.2 Å². The first-order valence-electron chi connectivity index (χ1n) is 15.7. The van der Waals surface area contributed by atoms with Gasteiger partial charge < -0.3 is 14.1 Å². The highest BCUT2D eigenvalue weighted by molar-refractivity contribution is 7.89. The number of hydrogen-bond donors (Lipinski definition) is 2. The van der Waals surface area contributed by atoms with Crippen LogP contribution in [0.3, 0.4) is 0 Å². The van der Waals surface area contributed by atoms with Gasteiger partial charge in [0.05, 0.1) is 17.4 Å². The zero-order chi connectivity index (χ0) is 34.7. The molecule has 47 heavy (non-hydrogen) atoms. The van der Waals surface area contributed by atoms with E-state index in [0.29, 0.717) is 27.9 Å². The van der Waals surface area contributed by atoms with Gasteiger partial charge in [-0.25, -0.2) is 17.7 Å². The maximum Gasteiger partial charge on any atom is 0.307 e. The molecule has 0 spiro atoms. The number of carbonyl (C=O) groups excluding carboxylic acids is 1. The number of carbonyl (C=O) groups is 1. The molecule has 2 N–H and O–H groups in total. The van der Waals surface area contributed by atoms with Crippen molar-refractivity contribution >= 4 is 42.8 Å². The van der Waals surface area contributed by atoms with E-state index in [1.807, 2.05) is 64.1 Å². The molecule has 1 heterocycles. The van der Waals surface area contributed by atoms with Crippen molar-refractivity contribution in [1.29, 1.82) is 0 Å². The topological polar surface area (TPSA) is 146 Å². The predicted octanol–water partition coefficient (Wildman–Crippen LogP) is 5.12. The average Bonchev–Trinajstić information content (AvgIpc) is 2.99. The summed E-state index contributed by atoms with van der Waals surface area (Å²) in [5, 5.41) is 1.50. The summed E-state index contributed by atoms with van der Waals surface area (Å²) < 4.78 is 78.8. The van der Waals surface area contributed by atoms with Crippen molar-refractivity contribution < 1.29 is 35.3 Å². The van der Waals surface area contributed by atoms with Crippen LogP contribution >= 0.6 is 0 Å². The van der Waals surface area contributed by atoms with Crippen molar-refractivity contribution in [2.45, 2.75) is 70.3 Å². The highest BCUT2D eigenvalue weighted by Crippen LogP contribution is 2.43. The first-order valence-corrected chi connectivity index (χ1v) is 18.6. The molecule has 11 nitrogen and oxygen atoms in total. The normalized spacial score (nSPS) is 12.4. The summed E-state index contributed by atoms with van der Waals surface area (Å²) in [5.74, 6) is -0.0916. The molecule has 2 aliphatic rings. The Bertz CT molecular complexity index is 2040. The summed E-state index contributed by atoms with van der Waals surface area (Å²) >= 11 is 0. The molecule has 254 valence electrons. The number of fused-ring (bicyclic) bond motifs is 2. The first-order chi connectivity index (χ1) is 22.0. The molecule has 1 aliphatic carbocycles. The smallest absolute Gasteiger partial charge is 0.307 e. The van der Waals surface area contributed by atoms with Crippen LogP contribution in [0.25, 0.3) is 33.4 Å². The lowest BCUT2D eigenvalue weighted by molar-refractivity contribution is -0.154. The van der Waals surface area contributed by atoms with Crippen LogP contribution in [0.5, 0.6) is 0 Å². The van der Waals surface area contributed by atoms with Gasteiger partial charge >= 0.3 is 5.97 Å². The lowest BCUT2D eigenvalue weighted by Crippen LogP contribution is -2.29. The fraction of sp³-hybridized carbons (Fsp3) is 0.412. The predicted molar refractivity (Wildman–Crippen MR) is 184 cm³/mol. The van der Waals surface area contributed by atoms with Gasteiger partial charge in [0.15, 0.2) is 0 Å². The van der Waals surface area contributed by atoms with Gasteiger partial charge in [-0.1, -0.05) is 6.07 Å². The number of anilines is 1. The Hall–Kier alpha value is -3.78. The van der Waals surface area contributed by atoms with Gasteiger partial charge in [0.2, 0.25) is 15.4 Å². The summed E-state index contributed by atoms with van der Waals surface area (Å²) in [6.07, 6.45) is -0.226. The first kappa shape index (κ1) is 36.1. The summed E-state index contributed by atoms with van der Waals surface area (Å²) in [6.45, 7) is 16.1. The molecule has 0 fully saturated rings. The number of ether oxygens (including phenoxy) is 1. The molecule has 0 unspecified atom stereocenters. The lowest BCUT2D eigenvalue weighted by Gasteiger charge is -2.22. The number of sulfonamides is 1. The highest BCUT2D eigenvalue weighted by Gasteiger charge is 2.27. The molecule has 0 saturated carbocycles. The minimum atomic E-state index is -4.93. The van der Waals surface area contributed by atoms with Crippen molar-refractivity contribution in [2.24, 2.45) is 0 Å². The molecule has 0 amide bonds. The van der Waals surface area contributed by atoms with Gasteiger partial charge in [-0.05, 0) is 78.8 Å². The molecule has 2 aromatic rings. The van der Waals surface area contributed by atoms with Crippen molar-refractivity contribution in [3.05, 3.63) is 60.0 Å². The van der Waals surface area contributed by atoms with Crippen molar-refractivity contribution in [1.82, 2.24) is 9.30 Å². The van der Waals surface area contributed by atoms with Gasteiger partial charge in [-0.3, -0.25) is 9.35 Å². The van der Waals surface area contributed by atoms with Crippen molar-refractivity contribution in [2.75, 3.05) is 37.6 Å². The van der Waals surface area contributed by atoms with Crippen molar-refractivity contribution in [3.63, 3.8) is 0 Å². The number of nitrogens with one attached hydrogen (secondary N) is 1. The van der Waals surface area contributed by atoms with Crippen LogP contribution in [0, 0.1) is 0 Å². The summed E-state index contributed by atoms with van der Waals surface area (Å²) in [6, 6.07) is 14.9. The fourth-order valence-corrected chi connectivity index (χ4v) is 7.44. The maximum absolute atomic E-state index is 13.2. The van der Waals surface area contributed by atoms with Crippen LogP contribution in [0.2, 0.25) is 0 Å². The number of nitrogens with zero attached hydrogens (tertiary/aromatic N) is 2. The number of esters is 1. The van der Waals surface area contributed by atoms with Crippen LogP contribution in [-0.4, -0.2) is 65.7 Å². The molecule has 2 aromatic carbocycles. The highest BCUT2D eigenvalue weighted by atomic mass is 32.2. The Morgan fingerprint density at radius 2 is 1.57 bits per heavy atom. The molecule has 0 saturated heterocycles. The molecule has 4 rings (SSSR count). The van der Waals surface area contributed by atoms with E-state index in [1.54, 1.807) is 20.8 Å². The number of benzene rings is 3. The molecular formula is C34H44N3O8S2+. The Labute approximate surface area is 277 Å².